The quantitative estimate of drug-likeness (QED) is 0.770. The highest BCUT2D eigenvalue weighted by atomic mass is 19.1. The molecule has 82 valence electrons. The van der Waals surface area contributed by atoms with Crippen molar-refractivity contribution in [2.45, 2.75) is 19.4 Å². The van der Waals surface area contributed by atoms with E-state index in [1.165, 1.54) is 12.1 Å². The number of carbonyl (C=O) groups excluding carboxylic acids is 1. The molecule has 0 aromatic heterocycles. The van der Waals surface area contributed by atoms with Gasteiger partial charge in [-0.15, -0.1) is 0 Å². The second-order valence-electron chi connectivity index (χ2n) is 3.44. The molecular formula is C11H15FN2O. The van der Waals surface area contributed by atoms with E-state index in [0.717, 1.165) is 5.56 Å². The van der Waals surface area contributed by atoms with E-state index in [0.29, 0.717) is 13.0 Å². The first kappa shape index (κ1) is 11.7. The van der Waals surface area contributed by atoms with Crippen LogP contribution in [0.25, 0.3) is 0 Å². The molecule has 1 atom stereocenters. The van der Waals surface area contributed by atoms with E-state index in [9.17, 15) is 9.18 Å². The summed E-state index contributed by atoms with van der Waals surface area (Å²) >= 11 is 0. The molecule has 1 aromatic rings. The average molecular weight is 210 g/mol. The van der Waals surface area contributed by atoms with Gasteiger partial charge >= 0.3 is 0 Å². The maximum Gasteiger partial charge on any atom is 0.218 e. The predicted octanol–water partition coefficient (Wildman–Crippen LogP) is 1.35. The molecule has 3 N–H and O–H groups in total. The minimum Gasteiger partial charge on any atom is -0.370 e. The Morgan fingerprint density at radius 3 is 2.60 bits per heavy atom. The van der Waals surface area contributed by atoms with Crippen molar-refractivity contribution in [3.8, 4) is 0 Å². The van der Waals surface area contributed by atoms with Crippen LogP contribution in [-0.2, 0) is 4.79 Å². The zero-order valence-corrected chi connectivity index (χ0v) is 8.66. The van der Waals surface area contributed by atoms with Crippen LogP contribution in [0.3, 0.4) is 0 Å². The zero-order chi connectivity index (χ0) is 11.3. The van der Waals surface area contributed by atoms with E-state index in [1.54, 1.807) is 12.1 Å². The van der Waals surface area contributed by atoms with Gasteiger partial charge in [0.15, 0.2) is 0 Å². The van der Waals surface area contributed by atoms with E-state index in [1.807, 2.05) is 6.92 Å². The Morgan fingerprint density at radius 2 is 2.07 bits per heavy atom. The van der Waals surface area contributed by atoms with Gasteiger partial charge in [-0.05, 0) is 24.6 Å². The van der Waals surface area contributed by atoms with Crippen molar-refractivity contribution < 1.29 is 9.18 Å². The molecule has 0 aliphatic carbocycles. The van der Waals surface area contributed by atoms with E-state index >= 15 is 0 Å². The molecule has 15 heavy (non-hydrogen) atoms. The summed E-state index contributed by atoms with van der Waals surface area (Å²) in [5, 5.41) is 3.13. The van der Waals surface area contributed by atoms with Crippen LogP contribution in [0.1, 0.15) is 24.9 Å². The summed E-state index contributed by atoms with van der Waals surface area (Å²) in [5.41, 5.74) is 6.00. The van der Waals surface area contributed by atoms with Crippen LogP contribution in [0.2, 0.25) is 0 Å². The summed E-state index contributed by atoms with van der Waals surface area (Å²) in [6, 6.07) is 6.36. The highest BCUT2D eigenvalue weighted by Gasteiger charge is 2.04. The number of halogens is 1. The topological polar surface area (TPSA) is 55.1 Å². The molecule has 0 aliphatic rings. The maximum atomic E-state index is 12.6. The molecule has 0 spiro atoms. The highest BCUT2D eigenvalue weighted by Crippen LogP contribution is 2.12. The predicted molar refractivity (Wildman–Crippen MR) is 56.6 cm³/mol. The number of nitrogens with two attached hydrogens (primary N) is 1. The fourth-order valence-electron chi connectivity index (χ4n) is 1.28. The van der Waals surface area contributed by atoms with Crippen molar-refractivity contribution in [1.29, 1.82) is 0 Å². The van der Waals surface area contributed by atoms with Gasteiger partial charge in [0.2, 0.25) is 5.91 Å². The molecule has 0 unspecified atom stereocenters. The Balaban J connectivity index is 2.43. The summed E-state index contributed by atoms with van der Waals surface area (Å²) < 4.78 is 12.6. The Bertz CT molecular complexity index is 324. The van der Waals surface area contributed by atoms with Crippen LogP contribution in [-0.4, -0.2) is 12.5 Å². The summed E-state index contributed by atoms with van der Waals surface area (Å²) in [6.07, 6.45) is 0.311. The number of hydrogen-bond acceptors (Lipinski definition) is 2. The lowest BCUT2D eigenvalue weighted by Gasteiger charge is -2.13. The van der Waals surface area contributed by atoms with Crippen molar-refractivity contribution >= 4 is 5.91 Å². The van der Waals surface area contributed by atoms with Crippen LogP contribution in [0.15, 0.2) is 24.3 Å². The fraction of sp³-hybridized carbons (Fsp3) is 0.364. The smallest absolute Gasteiger partial charge is 0.218 e. The number of primary amides is 1. The third kappa shape index (κ3) is 4.08. The molecule has 1 amide bonds. The van der Waals surface area contributed by atoms with Gasteiger partial charge in [-0.2, -0.15) is 0 Å². The Morgan fingerprint density at radius 1 is 1.47 bits per heavy atom. The molecule has 0 heterocycles. The number of amides is 1. The number of rotatable bonds is 5. The number of carbonyl (C=O) groups is 1. The Labute approximate surface area is 88.5 Å². The Hall–Kier alpha value is -1.42. The first-order valence-electron chi connectivity index (χ1n) is 4.86. The fourth-order valence-corrected chi connectivity index (χ4v) is 1.28. The standard InChI is InChI=1S/C11H15FN2O/c1-8(14-7-6-11(13)15)9-2-4-10(12)5-3-9/h2-5,8,14H,6-7H2,1H3,(H2,13,15)/t8-/m1/s1. The Kier molecular flexibility index (Phi) is 4.24. The second kappa shape index (κ2) is 5.46. The lowest BCUT2D eigenvalue weighted by Crippen LogP contribution is -2.24. The molecule has 1 aromatic carbocycles. The molecule has 0 fully saturated rings. The van der Waals surface area contributed by atoms with Crippen molar-refractivity contribution in [1.82, 2.24) is 5.32 Å². The lowest BCUT2D eigenvalue weighted by molar-refractivity contribution is -0.117. The monoisotopic (exact) mass is 210 g/mol. The minimum atomic E-state index is -0.325. The summed E-state index contributed by atoms with van der Waals surface area (Å²) in [6.45, 7) is 2.49. The largest absolute Gasteiger partial charge is 0.370 e. The van der Waals surface area contributed by atoms with Gasteiger partial charge in [-0.25, -0.2) is 4.39 Å². The van der Waals surface area contributed by atoms with E-state index in [2.05, 4.69) is 5.32 Å². The summed E-state index contributed by atoms with van der Waals surface area (Å²) in [4.78, 5) is 10.5. The van der Waals surface area contributed by atoms with E-state index in [4.69, 9.17) is 5.73 Å². The third-order valence-electron chi connectivity index (χ3n) is 2.19. The van der Waals surface area contributed by atoms with Gasteiger partial charge in [0.05, 0.1) is 0 Å². The van der Waals surface area contributed by atoms with Gasteiger partial charge in [0, 0.05) is 19.0 Å². The average Bonchev–Trinajstić information content (AvgIpc) is 2.18. The lowest BCUT2D eigenvalue weighted by atomic mass is 10.1. The van der Waals surface area contributed by atoms with Crippen molar-refractivity contribution in [2.75, 3.05) is 6.54 Å². The molecule has 3 nitrogen and oxygen atoms in total. The molecular weight excluding hydrogens is 195 g/mol. The van der Waals surface area contributed by atoms with Crippen molar-refractivity contribution in [2.24, 2.45) is 5.73 Å². The molecule has 0 aliphatic heterocycles. The van der Waals surface area contributed by atoms with Crippen LogP contribution >= 0.6 is 0 Å². The van der Waals surface area contributed by atoms with Crippen LogP contribution < -0.4 is 11.1 Å². The van der Waals surface area contributed by atoms with Gasteiger partial charge < -0.3 is 11.1 Å². The minimum absolute atomic E-state index is 0.0879. The van der Waals surface area contributed by atoms with Gasteiger partial charge in [0.1, 0.15) is 5.82 Å². The highest BCUT2D eigenvalue weighted by molar-refractivity contribution is 5.73. The van der Waals surface area contributed by atoms with Crippen LogP contribution in [0.5, 0.6) is 0 Å². The van der Waals surface area contributed by atoms with E-state index in [-0.39, 0.29) is 17.8 Å². The molecule has 1 rings (SSSR count). The first-order valence-corrected chi connectivity index (χ1v) is 4.86. The number of nitrogens with one attached hydrogen (secondary N) is 1. The van der Waals surface area contributed by atoms with E-state index < -0.39 is 0 Å². The van der Waals surface area contributed by atoms with Crippen LogP contribution in [0, 0.1) is 5.82 Å². The second-order valence-corrected chi connectivity index (χ2v) is 3.44. The number of hydrogen-bond donors (Lipinski definition) is 2. The summed E-state index contributed by atoms with van der Waals surface area (Å²) in [5.74, 6) is -0.572. The molecule has 0 radical (unpaired) electrons. The molecule has 0 bridgehead atoms. The first-order chi connectivity index (χ1) is 7.09. The van der Waals surface area contributed by atoms with Crippen molar-refractivity contribution in [3.05, 3.63) is 35.6 Å². The molecule has 0 saturated carbocycles. The van der Waals surface area contributed by atoms with Crippen molar-refractivity contribution in [3.63, 3.8) is 0 Å². The zero-order valence-electron chi connectivity index (χ0n) is 8.66. The number of benzene rings is 1. The molecule has 4 heteroatoms. The third-order valence-corrected chi connectivity index (χ3v) is 2.19. The maximum absolute atomic E-state index is 12.6. The SMILES string of the molecule is C[C@@H](NCCC(N)=O)c1ccc(F)cc1. The summed E-state index contributed by atoms with van der Waals surface area (Å²) in [7, 11) is 0. The van der Waals surface area contributed by atoms with Gasteiger partial charge in [-0.1, -0.05) is 12.1 Å². The molecule has 0 saturated heterocycles. The van der Waals surface area contributed by atoms with Crippen LogP contribution in [0.4, 0.5) is 4.39 Å². The van der Waals surface area contributed by atoms with Gasteiger partial charge in [0.25, 0.3) is 0 Å². The normalized spacial score (nSPS) is 12.4. The van der Waals surface area contributed by atoms with Gasteiger partial charge in [-0.3, -0.25) is 4.79 Å².